The first-order valence-electron chi connectivity index (χ1n) is 13.4. The van der Waals surface area contributed by atoms with Crippen LogP contribution in [0.3, 0.4) is 0 Å². The largest absolute Gasteiger partial charge is 0.454 e. The van der Waals surface area contributed by atoms with Gasteiger partial charge in [-0.25, -0.2) is 4.98 Å². The number of likely N-dealkylation sites (tertiary alicyclic amines) is 1. The Morgan fingerprint density at radius 1 is 1.13 bits per heavy atom. The summed E-state index contributed by atoms with van der Waals surface area (Å²) in [6.45, 7) is 8.80. The summed E-state index contributed by atoms with van der Waals surface area (Å²) >= 11 is 2.91. The number of hydrogen-bond acceptors (Lipinski definition) is 7. The third kappa shape index (κ3) is 5.85. The van der Waals surface area contributed by atoms with Gasteiger partial charge >= 0.3 is 0 Å². The number of hydrogen-bond donors (Lipinski definition) is 0. The Labute approximate surface area is 231 Å². The molecule has 0 aliphatic carbocycles. The number of carbonyl (C=O) groups excluding carboxylic acids is 2. The lowest BCUT2D eigenvalue weighted by Crippen LogP contribution is -2.45. The van der Waals surface area contributed by atoms with Crippen molar-refractivity contribution in [3.8, 4) is 11.5 Å². The second-order valence-electron chi connectivity index (χ2n) is 9.60. The van der Waals surface area contributed by atoms with Crippen molar-refractivity contribution < 1.29 is 14.0 Å². The molecule has 1 aliphatic rings. The molecular weight excluding hydrogens is 516 g/mol. The molecular formula is C29H34N4O3S2. The minimum absolute atomic E-state index is 0.0289. The Balaban J connectivity index is 1.27. The number of fused-ring (bicyclic) bond motifs is 1. The Kier molecular flexibility index (Phi) is 8.56. The summed E-state index contributed by atoms with van der Waals surface area (Å²) in [5.41, 5.74) is 1.56. The molecule has 1 atom stereocenters. The Morgan fingerprint density at radius 2 is 1.97 bits per heavy atom. The van der Waals surface area contributed by atoms with E-state index in [-0.39, 0.29) is 17.7 Å². The first kappa shape index (κ1) is 26.6. The van der Waals surface area contributed by atoms with E-state index in [4.69, 9.17) is 9.40 Å². The lowest BCUT2D eigenvalue weighted by Gasteiger charge is -2.34. The van der Waals surface area contributed by atoms with Crippen molar-refractivity contribution in [3.63, 3.8) is 0 Å². The first-order chi connectivity index (χ1) is 18.6. The molecule has 2 amide bonds. The molecule has 0 saturated carbocycles. The fourth-order valence-corrected chi connectivity index (χ4v) is 6.64. The SMILES string of the molecule is CCN(CC)C(=O)C1CCCN(CCCN(C(=O)c2cccs2)c2nc(-c3cc4ccccc4o3)cs2)C1. The van der Waals surface area contributed by atoms with Crippen LogP contribution in [0.4, 0.5) is 5.13 Å². The molecule has 4 aromatic rings. The van der Waals surface area contributed by atoms with Gasteiger partial charge in [-0.3, -0.25) is 14.5 Å². The summed E-state index contributed by atoms with van der Waals surface area (Å²) in [7, 11) is 0. The zero-order valence-electron chi connectivity index (χ0n) is 22.0. The highest BCUT2D eigenvalue weighted by atomic mass is 32.1. The van der Waals surface area contributed by atoms with Gasteiger partial charge in [0.15, 0.2) is 10.9 Å². The molecule has 1 aromatic carbocycles. The van der Waals surface area contributed by atoms with Crippen molar-refractivity contribution in [2.75, 3.05) is 44.2 Å². The normalized spacial score (nSPS) is 16.1. The molecule has 1 aliphatic heterocycles. The monoisotopic (exact) mass is 550 g/mol. The predicted octanol–water partition coefficient (Wildman–Crippen LogP) is 6.24. The Morgan fingerprint density at radius 3 is 2.74 bits per heavy atom. The van der Waals surface area contributed by atoms with Gasteiger partial charge in [0.2, 0.25) is 5.91 Å². The van der Waals surface area contributed by atoms with Crippen LogP contribution in [0.1, 0.15) is 42.8 Å². The van der Waals surface area contributed by atoms with Crippen molar-refractivity contribution in [1.29, 1.82) is 0 Å². The summed E-state index contributed by atoms with van der Waals surface area (Å²) in [6.07, 6.45) is 2.80. The maximum Gasteiger partial charge on any atom is 0.270 e. The number of piperidine rings is 1. The number of thiazole rings is 1. The number of aromatic nitrogens is 1. The van der Waals surface area contributed by atoms with Crippen LogP contribution in [0.25, 0.3) is 22.4 Å². The number of rotatable bonds is 10. The Hall–Kier alpha value is -3.01. The lowest BCUT2D eigenvalue weighted by molar-refractivity contribution is -0.136. The molecule has 0 N–H and O–H groups in total. The van der Waals surface area contributed by atoms with E-state index in [1.807, 2.05) is 72.0 Å². The van der Waals surface area contributed by atoms with Gasteiger partial charge in [-0.1, -0.05) is 24.3 Å². The van der Waals surface area contributed by atoms with E-state index in [1.165, 1.54) is 22.7 Å². The fraction of sp³-hybridized carbons (Fsp3) is 0.414. The average molecular weight is 551 g/mol. The van der Waals surface area contributed by atoms with Crippen molar-refractivity contribution in [2.24, 2.45) is 5.92 Å². The summed E-state index contributed by atoms with van der Waals surface area (Å²) in [4.78, 5) is 38.0. The quantitative estimate of drug-likeness (QED) is 0.234. The van der Waals surface area contributed by atoms with E-state index in [0.29, 0.717) is 22.3 Å². The molecule has 200 valence electrons. The molecule has 0 spiro atoms. The molecule has 7 nitrogen and oxygen atoms in total. The van der Waals surface area contributed by atoms with Crippen molar-refractivity contribution in [1.82, 2.24) is 14.8 Å². The van der Waals surface area contributed by atoms with Crippen molar-refractivity contribution >= 4 is 50.6 Å². The second-order valence-corrected chi connectivity index (χ2v) is 11.4. The third-order valence-electron chi connectivity index (χ3n) is 7.16. The summed E-state index contributed by atoms with van der Waals surface area (Å²) in [5, 5.41) is 5.58. The molecule has 38 heavy (non-hydrogen) atoms. The molecule has 1 fully saturated rings. The highest BCUT2D eigenvalue weighted by Crippen LogP contribution is 2.32. The predicted molar refractivity (Wildman–Crippen MR) is 155 cm³/mol. The molecule has 1 saturated heterocycles. The average Bonchev–Trinajstić information content (AvgIpc) is 3.72. The number of carbonyl (C=O) groups is 2. The summed E-state index contributed by atoms with van der Waals surface area (Å²) < 4.78 is 6.01. The van der Waals surface area contributed by atoms with Crippen LogP contribution in [0.5, 0.6) is 0 Å². The van der Waals surface area contributed by atoms with E-state index in [0.717, 1.165) is 68.6 Å². The highest BCUT2D eigenvalue weighted by molar-refractivity contribution is 7.14. The standard InChI is InChI=1S/C29H34N4O3S2/c1-3-32(4-2)27(34)22-11-7-14-31(19-22)15-9-16-33(28(35)26-13-8-17-37-26)29-30-23(20-38-29)25-18-21-10-5-6-12-24(21)36-25/h5-6,8,10,12-13,17-18,20,22H,3-4,7,9,11,14-16,19H2,1-2H3. The Bertz CT molecular complexity index is 1330. The van der Waals surface area contributed by atoms with Gasteiger partial charge in [-0.2, -0.15) is 0 Å². The van der Waals surface area contributed by atoms with Crippen LogP contribution in [0, 0.1) is 5.92 Å². The van der Waals surface area contributed by atoms with Gasteiger partial charge in [-0.15, -0.1) is 22.7 Å². The zero-order valence-corrected chi connectivity index (χ0v) is 23.6. The fourth-order valence-electron chi connectivity index (χ4n) is 5.13. The molecule has 9 heteroatoms. The maximum atomic E-state index is 13.5. The molecule has 1 unspecified atom stereocenters. The van der Waals surface area contributed by atoms with Gasteiger partial charge in [0.05, 0.1) is 10.8 Å². The second kappa shape index (κ2) is 12.2. The third-order valence-corrected chi connectivity index (χ3v) is 8.89. The smallest absolute Gasteiger partial charge is 0.270 e. The van der Waals surface area contributed by atoms with Crippen LogP contribution in [0.15, 0.2) is 57.6 Å². The van der Waals surface area contributed by atoms with Crippen LogP contribution in [0.2, 0.25) is 0 Å². The van der Waals surface area contributed by atoms with Crippen LogP contribution in [-0.2, 0) is 4.79 Å². The number of amides is 2. The van der Waals surface area contributed by atoms with E-state index < -0.39 is 0 Å². The highest BCUT2D eigenvalue weighted by Gasteiger charge is 2.29. The van der Waals surface area contributed by atoms with Crippen molar-refractivity contribution in [3.05, 3.63) is 58.1 Å². The topological polar surface area (TPSA) is 69.9 Å². The first-order valence-corrected chi connectivity index (χ1v) is 15.1. The van der Waals surface area contributed by atoms with E-state index in [9.17, 15) is 9.59 Å². The molecule has 5 rings (SSSR count). The molecule has 4 heterocycles. The van der Waals surface area contributed by atoms with Gasteiger partial charge in [0, 0.05) is 36.9 Å². The van der Waals surface area contributed by atoms with Gasteiger partial charge in [0.25, 0.3) is 5.91 Å². The summed E-state index contributed by atoms with van der Waals surface area (Å²) in [6, 6.07) is 13.7. The number of anilines is 1. The van der Waals surface area contributed by atoms with Crippen LogP contribution < -0.4 is 4.90 Å². The summed E-state index contributed by atoms with van der Waals surface area (Å²) in [5.74, 6) is 1.01. The van der Waals surface area contributed by atoms with E-state index >= 15 is 0 Å². The number of nitrogens with zero attached hydrogens (tertiary/aromatic N) is 4. The minimum atomic E-state index is -0.0289. The van der Waals surface area contributed by atoms with E-state index in [2.05, 4.69) is 4.90 Å². The number of benzene rings is 1. The number of thiophene rings is 1. The molecule has 0 bridgehead atoms. The van der Waals surface area contributed by atoms with Crippen molar-refractivity contribution in [2.45, 2.75) is 33.1 Å². The number of para-hydroxylation sites is 1. The molecule has 3 aromatic heterocycles. The maximum absolute atomic E-state index is 13.5. The van der Waals surface area contributed by atoms with Crippen LogP contribution in [-0.4, -0.2) is 65.9 Å². The minimum Gasteiger partial charge on any atom is -0.454 e. The lowest BCUT2D eigenvalue weighted by atomic mass is 9.96. The zero-order chi connectivity index (χ0) is 26.5. The van der Waals surface area contributed by atoms with Crippen LogP contribution >= 0.6 is 22.7 Å². The van der Waals surface area contributed by atoms with Gasteiger partial charge in [-0.05, 0) is 69.8 Å². The van der Waals surface area contributed by atoms with E-state index in [1.54, 1.807) is 4.90 Å². The van der Waals surface area contributed by atoms with Gasteiger partial charge < -0.3 is 14.2 Å². The molecule has 0 radical (unpaired) electrons. The number of furan rings is 1. The van der Waals surface area contributed by atoms with Gasteiger partial charge in [0.1, 0.15) is 11.3 Å².